The Morgan fingerprint density at radius 2 is 0.979 bits per heavy atom. The lowest BCUT2D eigenvalue weighted by molar-refractivity contribution is 0.669. The fourth-order valence-corrected chi connectivity index (χ4v) is 6.28. The van der Waals surface area contributed by atoms with Crippen molar-refractivity contribution in [2.75, 3.05) is 0 Å². The zero-order chi connectivity index (χ0) is 31.2. The minimum absolute atomic E-state index is 0.559. The van der Waals surface area contributed by atoms with E-state index in [1.54, 1.807) is 0 Å². The normalized spacial score (nSPS) is 11.4. The molecule has 0 atom stereocenters. The van der Waals surface area contributed by atoms with Crippen molar-refractivity contribution in [3.8, 4) is 56.4 Å². The first-order valence-electron chi connectivity index (χ1n) is 15.6. The molecule has 0 saturated carbocycles. The zero-order valence-electron chi connectivity index (χ0n) is 25.2. The van der Waals surface area contributed by atoms with E-state index in [4.69, 9.17) is 19.4 Å². The Hall–Kier alpha value is -6.46. The lowest BCUT2D eigenvalue weighted by Gasteiger charge is -2.11. The van der Waals surface area contributed by atoms with Gasteiger partial charge in [-0.15, -0.1) is 0 Å². The quantitative estimate of drug-likeness (QED) is 0.196. The maximum atomic E-state index is 6.53. The zero-order valence-corrected chi connectivity index (χ0v) is 25.2. The van der Waals surface area contributed by atoms with E-state index in [9.17, 15) is 0 Å². The maximum absolute atomic E-state index is 6.53. The molecule has 47 heavy (non-hydrogen) atoms. The van der Waals surface area contributed by atoms with Crippen LogP contribution in [-0.2, 0) is 0 Å². The highest BCUT2D eigenvalue weighted by atomic mass is 16.3. The average Bonchev–Trinajstić information content (AvgIpc) is 3.53. The van der Waals surface area contributed by atoms with Crippen LogP contribution in [0.5, 0.6) is 0 Å². The van der Waals surface area contributed by atoms with Crippen molar-refractivity contribution in [3.05, 3.63) is 158 Å². The molecule has 5 heteroatoms. The third-order valence-corrected chi connectivity index (χ3v) is 8.60. The van der Waals surface area contributed by atoms with Crippen LogP contribution in [0.3, 0.4) is 0 Å². The molecule has 9 aromatic rings. The lowest BCUT2D eigenvalue weighted by atomic mass is 9.96. The Kier molecular flexibility index (Phi) is 6.39. The molecule has 3 aromatic heterocycles. The first-order valence-corrected chi connectivity index (χ1v) is 15.6. The van der Waals surface area contributed by atoms with Gasteiger partial charge in [-0.3, -0.25) is 4.98 Å². The van der Waals surface area contributed by atoms with Crippen LogP contribution < -0.4 is 0 Å². The van der Waals surface area contributed by atoms with Crippen LogP contribution in [0, 0.1) is 0 Å². The van der Waals surface area contributed by atoms with Crippen molar-refractivity contribution in [2.45, 2.75) is 0 Å². The Labute approximate surface area is 270 Å². The van der Waals surface area contributed by atoms with E-state index < -0.39 is 0 Å². The number of benzene rings is 6. The minimum atomic E-state index is 0.559. The van der Waals surface area contributed by atoms with Crippen LogP contribution in [0.2, 0.25) is 0 Å². The van der Waals surface area contributed by atoms with Gasteiger partial charge in [0, 0.05) is 33.5 Å². The molecule has 220 valence electrons. The van der Waals surface area contributed by atoms with Gasteiger partial charge in [0.1, 0.15) is 11.2 Å². The molecule has 0 amide bonds. The second-order valence-corrected chi connectivity index (χ2v) is 11.5. The molecule has 5 nitrogen and oxygen atoms in total. The largest absolute Gasteiger partial charge is 0.455 e. The number of aromatic nitrogens is 4. The fourth-order valence-electron chi connectivity index (χ4n) is 6.28. The average molecular weight is 603 g/mol. The number of nitrogens with zero attached hydrogens (tertiary/aromatic N) is 4. The number of hydrogen-bond acceptors (Lipinski definition) is 5. The highest BCUT2D eigenvalue weighted by Gasteiger charge is 2.19. The third kappa shape index (κ3) is 4.82. The summed E-state index contributed by atoms with van der Waals surface area (Å²) in [6, 6.07) is 51.6. The van der Waals surface area contributed by atoms with Gasteiger partial charge in [-0.25, -0.2) is 15.0 Å². The van der Waals surface area contributed by atoms with Gasteiger partial charge in [0.25, 0.3) is 0 Å². The molecule has 6 aromatic carbocycles. The van der Waals surface area contributed by atoms with Crippen LogP contribution in [-0.4, -0.2) is 19.9 Å². The van der Waals surface area contributed by atoms with Gasteiger partial charge in [0.2, 0.25) is 0 Å². The van der Waals surface area contributed by atoms with E-state index in [1.165, 1.54) is 0 Å². The molecule has 0 aliphatic rings. The molecular formula is C42H26N4O. The van der Waals surface area contributed by atoms with Gasteiger partial charge in [-0.1, -0.05) is 121 Å². The Bertz CT molecular complexity index is 2500. The summed E-state index contributed by atoms with van der Waals surface area (Å²) in [6.45, 7) is 0. The number of fused-ring (bicyclic) bond motifs is 4. The van der Waals surface area contributed by atoms with Crippen molar-refractivity contribution in [1.82, 2.24) is 19.9 Å². The van der Waals surface area contributed by atoms with E-state index >= 15 is 0 Å². The van der Waals surface area contributed by atoms with Gasteiger partial charge in [-0.2, -0.15) is 0 Å². The Morgan fingerprint density at radius 1 is 0.383 bits per heavy atom. The van der Waals surface area contributed by atoms with E-state index in [0.717, 1.165) is 71.8 Å². The van der Waals surface area contributed by atoms with E-state index in [-0.39, 0.29) is 0 Å². The summed E-state index contributed by atoms with van der Waals surface area (Å²) in [7, 11) is 0. The van der Waals surface area contributed by atoms with Crippen molar-refractivity contribution >= 4 is 32.8 Å². The first kappa shape index (κ1) is 26.9. The molecule has 9 rings (SSSR count). The molecule has 0 bridgehead atoms. The summed E-state index contributed by atoms with van der Waals surface area (Å²) in [5.74, 6) is 1.78. The van der Waals surface area contributed by atoms with Gasteiger partial charge in [0.05, 0.1) is 11.1 Å². The molecule has 0 saturated heterocycles. The number of rotatable bonds is 5. The van der Waals surface area contributed by atoms with Crippen molar-refractivity contribution in [3.63, 3.8) is 0 Å². The van der Waals surface area contributed by atoms with Crippen LogP contribution in [0.1, 0.15) is 0 Å². The second-order valence-electron chi connectivity index (χ2n) is 11.5. The van der Waals surface area contributed by atoms with Crippen LogP contribution in [0.15, 0.2) is 162 Å². The summed E-state index contributed by atoms with van der Waals surface area (Å²) in [4.78, 5) is 19.5. The summed E-state index contributed by atoms with van der Waals surface area (Å²) < 4.78 is 6.53. The van der Waals surface area contributed by atoms with Gasteiger partial charge >= 0.3 is 0 Å². The van der Waals surface area contributed by atoms with Crippen molar-refractivity contribution in [2.24, 2.45) is 0 Å². The van der Waals surface area contributed by atoms with E-state index in [1.807, 2.05) is 97.2 Å². The molecular weight excluding hydrogens is 576 g/mol. The first-order chi connectivity index (χ1) is 23.3. The SMILES string of the molecule is c1ccc(-c2nc(-c3ccccc3)nc(-c3cc(-c4ccc(-c5ccnc6ccccc56)cc4)cc4c3oc3ccccc34)n2)cc1. The summed E-state index contributed by atoms with van der Waals surface area (Å²) in [6.07, 6.45) is 1.87. The predicted molar refractivity (Wildman–Crippen MR) is 190 cm³/mol. The van der Waals surface area contributed by atoms with E-state index in [0.29, 0.717) is 17.5 Å². The summed E-state index contributed by atoms with van der Waals surface area (Å²) in [5.41, 5.74) is 9.64. The summed E-state index contributed by atoms with van der Waals surface area (Å²) >= 11 is 0. The van der Waals surface area contributed by atoms with Gasteiger partial charge in [-0.05, 0) is 52.6 Å². The van der Waals surface area contributed by atoms with Gasteiger partial charge in [0.15, 0.2) is 17.5 Å². The minimum Gasteiger partial charge on any atom is -0.455 e. The topological polar surface area (TPSA) is 64.7 Å². The maximum Gasteiger partial charge on any atom is 0.167 e. The van der Waals surface area contributed by atoms with Crippen molar-refractivity contribution in [1.29, 1.82) is 0 Å². The Morgan fingerprint density at radius 3 is 1.70 bits per heavy atom. The molecule has 3 heterocycles. The van der Waals surface area contributed by atoms with Crippen LogP contribution >= 0.6 is 0 Å². The van der Waals surface area contributed by atoms with Crippen LogP contribution in [0.25, 0.3) is 89.3 Å². The van der Waals surface area contributed by atoms with E-state index in [2.05, 4.69) is 65.6 Å². The highest BCUT2D eigenvalue weighted by Crippen LogP contribution is 2.40. The summed E-state index contributed by atoms with van der Waals surface area (Å²) in [5, 5.41) is 3.20. The number of furan rings is 1. The van der Waals surface area contributed by atoms with Crippen LogP contribution in [0.4, 0.5) is 0 Å². The molecule has 0 N–H and O–H groups in total. The molecule has 0 aliphatic carbocycles. The number of para-hydroxylation sites is 2. The monoisotopic (exact) mass is 602 g/mol. The molecule has 0 radical (unpaired) electrons. The fraction of sp³-hybridized carbons (Fsp3) is 0. The molecule has 0 aliphatic heterocycles. The van der Waals surface area contributed by atoms with Gasteiger partial charge < -0.3 is 4.42 Å². The lowest BCUT2D eigenvalue weighted by Crippen LogP contribution is -2.00. The number of pyridine rings is 1. The standard InChI is InChI=1S/C42H26N4O/c1-3-11-29(12-4-1)40-44-41(30-13-5-2-6-14-30)46-42(45-40)36-26-31(25-35-34-16-8-10-18-38(34)47-39(35)36)27-19-21-28(22-20-27)32-23-24-43-37-17-9-7-15-33(32)37/h1-26H. The van der Waals surface area contributed by atoms with Crippen molar-refractivity contribution < 1.29 is 4.42 Å². The predicted octanol–water partition coefficient (Wildman–Crippen LogP) is 10.7. The molecule has 0 spiro atoms. The Balaban J connectivity index is 1.25. The second kappa shape index (κ2) is 11.2. The molecule has 0 unspecified atom stereocenters. The smallest absolute Gasteiger partial charge is 0.167 e. The highest BCUT2D eigenvalue weighted by molar-refractivity contribution is 6.11. The number of hydrogen-bond donors (Lipinski definition) is 0. The molecule has 0 fully saturated rings. The third-order valence-electron chi connectivity index (χ3n) is 8.60.